The lowest BCUT2D eigenvalue weighted by molar-refractivity contribution is 0.121. The SMILES string of the molecule is O=C(O)N[C@H]1CC[C@@H](Oc2nc(N3CCOCC3)cc3ncc(I)cc23)CC1. The molecule has 2 aromatic heterocycles. The van der Waals surface area contributed by atoms with Gasteiger partial charge in [0.25, 0.3) is 0 Å². The van der Waals surface area contributed by atoms with Gasteiger partial charge in [-0.3, -0.25) is 4.98 Å². The summed E-state index contributed by atoms with van der Waals surface area (Å²) in [5.41, 5.74) is 0.869. The zero-order chi connectivity index (χ0) is 19.5. The smallest absolute Gasteiger partial charge is 0.404 e. The Bertz CT molecular complexity index is 851. The van der Waals surface area contributed by atoms with Crippen LogP contribution in [-0.2, 0) is 4.74 Å². The maximum Gasteiger partial charge on any atom is 0.404 e. The van der Waals surface area contributed by atoms with Gasteiger partial charge in [-0.15, -0.1) is 0 Å². The van der Waals surface area contributed by atoms with Crippen LogP contribution in [0.4, 0.5) is 10.6 Å². The van der Waals surface area contributed by atoms with Crippen LogP contribution < -0.4 is 15.0 Å². The number of ether oxygens (including phenoxy) is 2. The fourth-order valence-corrected chi connectivity index (χ4v) is 4.21. The minimum absolute atomic E-state index is 0.00403. The summed E-state index contributed by atoms with van der Waals surface area (Å²) >= 11 is 2.24. The number of fused-ring (bicyclic) bond motifs is 1. The maximum absolute atomic E-state index is 10.8. The molecule has 2 aliphatic rings. The summed E-state index contributed by atoms with van der Waals surface area (Å²) in [4.78, 5) is 22.4. The van der Waals surface area contributed by atoms with Crippen LogP contribution in [0.1, 0.15) is 25.7 Å². The number of morpholine rings is 1. The molecule has 1 amide bonds. The number of hydrogen-bond donors (Lipinski definition) is 2. The quantitative estimate of drug-likeness (QED) is 0.626. The van der Waals surface area contributed by atoms with E-state index in [0.717, 1.165) is 59.1 Å². The highest BCUT2D eigenvalue weighted by molar-refractivity contribution is 14.1. The van der Waals surface area contributed by atoms with Crippen molar-refractivity contribution in [2.45, 2.75) is 37.8 Å². The van der Waals surface area contributed by atoms with E-state index in [0.29, 0.717) is 19.1 Å². The van der Waals surface area contributed by atoms with Gasteiger partial charge in [0.1, 0.15) is 11.9 Å². The van der Waals surface area contributed by atoms with Gasteiger partial charge in [0, 0.05) is 35.0 Å². The van der Waals surface area contributed by atoms with E-state index in [-0.39, 0.29) is 12.1 Å². The van der Waals surface area contributed by atoms with E-state index in [1.807, 2.05) is 18.3 Å². The van der Waals surface area contributed by atoms with Gasteiger partial charge >= 0.3 is 6.09 Å². The van der Waals surface area contributed by atoms with Crippen molar-refractivity contribution in [3.8, 4) is 5.88 Å². The first-order valence-corrected chi connectivity index (χ1v) is 10.6. The van der Waals surface area contributed by atoms with E-state index in [9.17, 15) is 4.79 Å². The number of carbonyl (C=O) groups is 1. The fourth-order valence-electron chi connectivity index (χ4n) is 3.76. The van der Waals surface area contributed by atoms with Crippen molar-refractivity contribution >= 4 is 45.4 Å². The first-order chi connectivity index (χ1) is 13.6. The standard InChI is InChI=1S/C19H23IN4O4/c20-12-9-15-16(21-11-12)10-17(24-5-7-27-8-6-24)23-18(15)28-14-3-1-13(2-4-14)22-19(25)26/h9-11,13-14,22H,1-8H2,(H,25,26)/t13-,14+. The third kappa shape index (κ3) is 4.57. The fraction of sp³-hybridized carbons (Fsp3) is 0.526. The predicted octanol–water partition coefficient (Wildman–Crippen LogP) is 3.03. The molecule has 0 unspecified atom stereocenters. The molecule has 8 nitrogen and oxygen atoms in total. The van der Waals surface area contributed by atoms with Gasteiger partial charge in [-0.25, -0.2) is 4.79 Å². The molecule has 1 aliphatic heterocycles. The molecule has 1 saturated heterocycles. The van der Waals surface area contributed by atoms with Crippen molar-refractivity contribution in [1.82, 2.24) is 15.3 Å². The van der Waals surface area contributed by atoms with E-state index in [2.05, 4.69) is 37.8 Å². The molecule has 0 atom stereocenters. The highest BCUT2D eigenvalue weighted by atomic mass is 127. The lowest BCUT2D eigenvalue weighted by atomic mass is 9.93. The minimum Gasteiger partial charge on any atom is -0.474 e. The van der Waals surface area contributed by atoms with Gasteiger partial charge in [-0.2, -0.15) is 4.98 Å². The van der Waals surface area contributed by atoms with Crippen molar-refractivity contribution in [2.24, 2.45) is 0 Å². The molecule has 1 aliphatic carbocycles. The molecule has 2 fully saturated rings. The molecular weight excluding hydrogens is 475 g/mol. The summed E-state index contributed by atoms with van der Waals surface area (Å²) in [6.07, 6.45) is 4.05. The molecule has 3 heterocycles. The summed E-state index contributed by atoms with van der Waals surface area (Å²) < 4.78 is 12.8. The van der Waals surface area contributed by atoms with E-state index in [4.69, 9.17) is 19.6 Å². The van der Waals surface area contributed by atoms with Crippen LogP contribution in [0.5, 0.6) is 5.88 Å². The first-order valence-electron chi connectivity index (χ1n) is 9.53. The van der Waals surface area contributed by atoms with Gasteiger partial charge in [0.2, 0.25) is 5.88 Å². The topological polar surface area (TPSA) is 96.8 Å². The number of amides is 1. The normalized spacial score (nSPS) is 22.8. The number of pyridine rings is 2. The molecule has 150 valence electrons. The summed E-state index contributed by atoms with van der Waals surface area (Å²) in [6.45, 7) is 2.98. The highest BCUT2D eigenvalue weighted by Crippen LogP contribution is 2.31. The number of aromatic nitrogens is 2. The largest absolute Gasteiger partial charge is 0.474 e. The van der Waals surface area contributed by atoms with Crippen LogP contribution in [0, 0.1) is 3.57 Å². The van der Waals surface area contributed by atoms with E-state index >= 15 is 0 Å². The summed E-state index contributed by atoms with van der Waals surface area (Å²) in [5.74, 6) is 1.47. The molecule has 9 heteroatoms. The van der Waals surface area contributed by atoms with Crippen molar-refractivity contribution in [1.29, 1.82) is 0 Å². The highest BCUT2D eigenvalue weighted by Gasteiger charge is 2.25. The summed E-state index contributed by atoms with van der Waals surface area (Å²) in [7, 11) is 0. The second-order valence-electron chi connectivity index (χ2n) is 7.15. The average Bonchev–Trinajstić information content (AvgIpc) is 2.70. The Morgan fingerprint density at radius 2 is 2.00 bits per heavy atom. The number of hydrogen-bond acceptors (Lipinski definition) is 6. The summed E-state index contributed by atoms with van der Waals surface area (Å²) in [6, 6.07) is 4.06. The Morgan fingerprint density at radius 3 is 2.71 bits per heavy atom. The molecule has 1 saturated carbocycles. The molecule has 2 aromatic rings. The molecule has 4 rings (SSSR count). The van der Waals surface area contributed by atoms with Crippen molar-refractivity contribution < 1.29 is 19.4 Å². The predicted molar refractivity (Wildman–Crippen MR) is 113 cm³/mol. The van der Waals surface area contributed by atoms with Crippen LogP contribution in [0.3, 0.4) is 0 Å². The number of rotatable bonds is 4. The lowest BCUT2D eigenvalue weighted by Gasteiger charge is -2.30. The molecule has 2 N–H and O–H groups in total. The van der Waals surface area contributed by atoms with Crippen LogP contribution in [0.15, 0.2) is 18.3 Å². The molecule has 0 radical (unpaired) electrons. The Labute approximate surface area is 176 Å². The van der Waals surface area contributed by atoms with E-state index in [1.54, 1.807) is 0 Å². The minimum atomic E-state index is -0.962. The second kappa shape index (κ2) is 8.64. The Kier molecular flexibility index (Phi) is 6.00. The monoisotopic (exact) mass is 498 g/mol. The van der Waals surface area contributed by atoms with Crippen molar-refractivity contribution in [3.05, 3.63) is 21.9 Å². The van der Waals surface area contributed by atoms with E-state index < -0.39 is 6.09 Å². The number of nitrogens with one attached hydrogen (secondary N) is 1. The van der Waals surface area contributed by atoms with Gasteiger partial charge in [-0.1, -0.05) is 0 Å². The third-order valence-corrected chi connectivity index (χ3v) is 5.80. The zero-order valence-electron chi connectivity index (χ0n) is 15.4. The van der Waals surface area contributed by atoms with Gasteiger partial charge in [0.15, 0.2) is 0 Å². The average molecular weight is 498 g/mol. The number of nitrogens with zero attached hydrogens (tertiary/aromatic N) is 3. The molecule has 0 bridgehead atoms. The summed E-state index contributed by atoms with van der Waals surface area (Å²) in [5, 5.41) is 12.4. The van der Waals surface area contributed by atoms with Crippen LogP contribution in [0.25, 0.3) is 10.9 Å². The molecule has 28 heavy (non-hydrogen) atoms. The Morgan fingerprint density at radius 1 is 1.25 bits per heavy atom. The molecular formula is C19H23IN4O4. The number of carboxylic acid groups (broad SMARTS) is 1. The number of halogens is 1. The van der Waals surface area contributed by atoms with Crippen LogP contribution in [0.2, 0.25) is 0 Å². The van der Waals surface area contributed by atoms with Gasteiger partial charge in [-0.05, 0) is 54.3 Å². The van der Waals surface area contributed by atoms with Crippen molar-refractivity contribution in [3.63, 3.8) is 0 Å². The third-order valence-electron chi connectivity index (χ3n) is 5.21. The zero-order valence-corrected chi connectivity index (χ0v) is 17.6. The van der Waals surface area contributed by atoms with Gasteiger partial charge in [0.05, 0.1) is 24.1 Å². The van der Waals surface area contributed by atoms with Gasteiger partial charge < -0.3 is 24.8 Å². The van der Waals surface area contributed by atoms with Crippen LogP contribution >= 0.6 is 22.6 Å². The van der Waals surface area contributed by atoms with Crippen LogP contribution in [-0.4, -0.2) is 59.6 Å². The molecule has 0 aromatic carbocycles. The Hall–Kier alpha value is -1.88. The van der Waals surface area contributed by atoms with Crippen molar-refractivity contribution in [2.75, 3.05) is 31.2 Å². The first kappa shape index (κ1) is 19.4. The lowest BCUT2D eigenvalue weighted by Crippen LogP contribution is -2.39. The molecule has 0 spiro atoms. The number of anilines is 1. The maximum atomic E-state index is 10.8. The second-order valence-corrected chi connectivity index (χ2v) is 8.39. The van der Waals surface area contributed by atoms with E-state index in [1.165, 1.54) is 0 Å². The Balaban J connectivity index is 1.56.